The predicted octanol–water partition coefficient (Wildman–Crippen LogP) is 0.00252. The summed E-state index contributed by atoms with van der Waals surface area (Å²) in [5.41, 5.74) is 11.0. The van der Waals surface area contributed by atoms with Crippen LogP contribution in [0.3, 0.4) is 0 Å². The van der Waals surface area contributed by atoms with Crippen molar-refractivity contribution in [2.75, 3.05) is 45.6 Å². The van der Waals surface area contributed by atoms with Crippen LogP contribution in [0.25, 0.3) is 0 Å². The van der Waals surface area contributed by atoms with Gasteiger partial charge in [0.2, 0.25) is 26.0 Å². The van der Waals surface area contributed by atoms with Gasteiger partial charge in [-0.25, -0.2) is 16.8 Å². The number of aryl methyl sites for hydroxylation is 1. The summed E-state index contributed by atoms with van der Waals surface area (Å²) in [5, 5.41) is 3.39. The Morgan fingerprint density at radius 3 is 2.08 bits per heavy atom. The Hall–Kier alpha value is -3.12. The van der Waals surface area contributed by atoms with Gasteiger partial charge in [-0.3, -0.25) is 0 Å². The van der Waals surface area contributed by atoms with Gasteiger partial charge in [0.15, 0.2) is 0 Å². The fraction of sp³-hybridized carbons (Fsp3) is 0.409. The third-order valence-corrected chi connectivity index (χ3v) is 10.1. The molecule has 1 fully saturated rings. The van der Waals surface area contributed by atoms with Crippen molar-refractivity contribution < 1.29 is 39.0 Å². The van der Waals surface area contributed by atoms with Crippen molar-refractivity contribution in [3.05, 3.63) is 48.0 Å². The molecule has 39 heavy (non-hydrogen) atoms. The molecule has 4 N–H and O–H groups in total. The fourth-order valence-corrected chi connectivity index (χ4v) is 7.64. The van der Waals surface area contributed by atoms with Crippen LogP contribution in [0.5, 0.6) is 11.5 Å². The van der Waals surface area contributed by atoms with Gasteiger partial charge >= 0.3 is 10.1 Å². The zero-order chi connectivity index (χ0) is 28.8. The number of guanidine groups is 1. The maximum Gasteiger partial charge on any atom is 0.340 e. The molecule has 0 atom stereocenters. The molecule has 0 unspecified atom stereocenters. The Morgan fingerprint density at radius 2 is 1.46 bits per heavy atom. The van der Waals surface area contributed by atoms with Crippen molar-refractivity contribution in [2.24, 2.45) is 16.6 Å². The van der Waals surface area contributed by atoms with E-state index in [9.17, 15) is 25.3 Å². The molecule has 3 rings (SSSR count). The van der Waals surface area contributed by atoms with E-state index in [-0.39, 0.29) is 51.1 Å². The van der Waals surface area contributed by atoms with Crippen LogP contribution in [0.4, 0.5) is 0 Å². The monoisotopic (exact) mass is 605 g/mol. The van der Waals surface area contributed by atoms with Crippen molar-refractivity contribution in [2.45, 2.75) is 23.1 Å². The Morgan fingerprint density at radius 1 is 0.872 bits per heavy atom. The second-order valence-corrected chi connectivity index (χ2v) is 14.0. The lowest BCUT2D eigenvalue weighted by molar-refractivity contribution is 0.127. The van der Waals surface area contributed by atoms with Gasteiger partial charge in [0.25, 0.3) is 0 Å². The van der Waals surface area contributed by atoms with E-state index in [0.717, 1.165) is 16.6 Å². The molecule has 216 valence electrons. The zero-order valence-electron chi connectivity index (χ0n) is 21.4. The molecule has 1 saturated heterocycles. The summed E-state index contributed by atoms with van der Waals surface area (Å²) >= 11 is 0. The highest BCUT2D eigenvalue weighted by atomic mass is 32.2. The smallest absolute Gasteiger partial charge is 0.340 e. The van der Waals surface area contributed by atoms with Crippen molar-refractivity contribution in [1.29, 1.82) is 0 Å². The molecule has 17 heteroatoms. The quantitative estimate of drug-likeness (QED) is 0.108. The first kappa shape index (κ1) is 30.4. The number of oxime groups is 1. The average Bonchev–Trinajstić information content (AvgIpc) is 2.85. The minimum absolute atomic E-state index is 0.0457. The molecule has 0 spiro atoms. The van der Waals surface area contributed by atoms with E-state index in [0.29, 0.717) is 17.7 Å². The van der Waals surface area contributed by atoms with Crippen LogP contribution in [0.1, 0.15) is 12.0 Å². The van der Waals surface area contributed by atoms with Gasteiger partial charge in [0.1, 0.15) is 27.9 Å². The topological polar surface area (TPSA) is 201 Å². The minimum atomic E-state index is -4.60. The molecule has 0 aliphatic carbocycles. The number of hydrogen-bond acceptors (Lipinski definition) is 10. The number of rotatable bonds is 12. The van der Waals surface area contributed by atoms with Gasteiger partial charge in [0.05, 0.1) is 12.9 Å². The molecule has 0 bridgehead atoms. The van der Waals surface area contributed by atoms with Crippen molar-refractivity contribution in [3.63, 3.8) is 0 Å². The molecule has 0 aromatic heterocycles. The molecule has 1 aliphatic rings. The summed E-state index contributed by atoms with van der Waals surface area (Å²) in [6.07, 6.45) is 1.48. The summed E-state index contributed by atoms with van der Waals surface area (Å²) in [6, 6.07) is 9.59. The van der Waals surface area contributed by atoms with E-state index in [4.69, 9.17) is 25.2 Å². The normalized spacial score (nSPS) is 15.4. The number of ether oxygens (including phenoxy) is 1. The molecule has 14 nitrogen and oxygen atoms in total. The van der Waals surface area contributed by atoms with E-state index in [1.165, 1.54) is 34.6 Å². The second kappa shape index (κ2) is 12.4. The molecule has 0 amide bonds. The highest BCUT2D eigenvalue weighted by Crippen LogP contribution is 2.30. The minimum Gasteiger partial charge on any atom is -0.493 e. The lowest BCUT2D eigenvalue weighted by Crippen LogP contribution is -2.50. The number of nitrogens with zero attached hydrogens (tertiary/aromatic N) is 3. The molecule has 0 radical (unpaired) electrons. The number of sulfonamides is 2. The van der Waals surface area contributed by atoms with E-state index < -0.39 is 40.0 Å². The van der Waals surface area contributed by atoms with E-state index in [1.54, 1.807) is 13.0 Å². The molecular formula is C22H31N5O9S3. The standard InChI is InChI=1S/C22H31N5O9S3/c1-17-14-18(34-12-5-13-35-25-22(23)24)16-19(15-17)36-39(32,33)21-7-4-3-6-20(21)38(30,31)27-10-8-26(9-11-27)37(2,28)29/h3-4,6-7,14-16H,5,8-13H2,1-2H3,(H4,23,24,25). The number of hydrogen-bond donors (Lipinski definition) is 2. The maximum absolute atomic E-state index is 13.4. The Labute approximate surface area is 228 Å². The first-order chi connectivity index (χ1) is 18.2. The van der Waals surface area contributed by atoms with E-state index in [1.807, 2.05) is 0 Å². The fourth-order valence-electron chi connectivity index (χ4n) is 3.70. The SMILES string of the molecule is Cc1cc(OCCCON=C(N)N)cc(OS(=O)(=O)c2ccccc2S(=O)(=O)N2CCN(S(C)(=O)=O)CC2)c1. The summed E-state index contributed by atoms with van der Waals surface area (Å²) in [7, 11) is -12.4. The van der Waals surface area contributed by atoms with Crippen LogP contribution in [0, 0.1) is 6.92 Å². The van der Waals surface area contributed by atoms with Gasteiger partial charge in [-0.2, -0.15) is 17.0 Å². The van der Waals surface area contributed by atoms with Crippen LogP contribution < -0.4 is 20.4 Å². The molecule has 2 aromatic rings. The number of piperazine rings is 1. The van der Waals surface area contributed by atoms with Gasteiger partial charge < -0.3 is 25.2 Å². The van der Waals surface area contributed by atoms with Crippen molar-refractivity contribution in [1.82, 2.24) is 8.61 Å². The third-order valence-electron chi connectivity index (χ3n) is 5.45. The highest BCUT2D eigenvalue weighted by molar-refractivity contribution is 7.91. The Balaban J connectivity index is 1.77. The third kappa shape index (κ3) is 8.18. The Kier molecular flexibility index (Phi) is 9.65. The van der Waals surface area contributed by atoms with Crippen molar-refractivity contribution in [3.8, 4) is 11.5 Å². The predicted molar refractivity (Wildman–Crippen MR) is 142 cm³/mol. The molecule has 1 heterocycles. The van der Waals surface area contributed by atoms with Gasteiger partial charge in [0, 0.05) is 38.7 Å². The first-order valence-electron chi connectivity index (χ1n) is 11.6. The zero-order valence-corrected chi connectivity index (χ0v) is 23.8. The van der Waals surface area contributed by atoms with Crippen LogP contribution >= 0.6 is 0 Å². The summed E-state index contributed by atoms with van der Waals surface area (Å²) in [4.78, 5) is 3.86. The second-order valence-electron chi connectivity index (χ2n) is 8.58. The van der Waals surface area contributed by atoms with E-state index >= 15 is 0 Å². The molecular weight excluding hydrogens is 574 g/mol. The first-order valence-corrected chi connectivity index (χ1v) is 16.3. The van der Waals surface area contributed by atoms with Crippen LogP contribution in [-0.4, -0.2) is 85.5 Å². The molecule has 2 aromatic carbocycles. The van der Waals surface area contributed by atoms with Crippen LogP contribution in [0.2, 0.25) is 0 Å². The van der Waals surface area contributed by atoms with Crippen molar-refractivity contribution >= 4 is 36.1 Å². The maximum atomic E-state index is 13.4. The number of benzene rings is 2. The lowest BCUT2D eigenvalue weighted by atomic mass is 10.2. The summed E-state index contributed by atoms with van der Waals surface area (Å²) in [5.74, 6) is 0.0453. The summed E-state index contributed by atoms with van der Waals surface area (Å²) in [6.45, 7) is 1.77. The Bertz CT molecular complexity index is 1520. The lowest BCUT2D eigenvalue weighted by Gasteiger charge is -2.32. The highest BCUT2D eigenvalue weighted by Gasteiger charge is 2.35. The van der Waals surface area contributed by atoms with Crippen LogP contribution in [-0.2, 0) is 35.0 Å². The largest absolute Gasteiger partial charge is 0.493 e. The van der Waals surface area contributed by atoms with Gasteiger partial charge in [-0.1, -0.05) is 12.1 Å². The average molecular weight is 606 g/mol. The van der Waals surface area contributed by atoms with Gasteiger partial charge in [-0.15, -0.1) is 0 Å². The molecule has 0 saturated carbocycles. The van der Waals surface area contributed by atoms with E-state index in [2.05, 4.69) is 5.16 Å². The number of nitrogens with two attached hydrogens (primary N) is 2. The van der Waals surface area contributed by atoms with Crippen LogP contribution in [0.15, 0.2) is 57.4 Å². The molecule has 1 aliphatic heterocycles. The van der Waals surface area contributed by atoms with Gasteiger partial charge in [-0.05, 0) is 41.9 Å². The summed E-state index contributed by atoms with van der Waals surface area (Å²) < 4.78 is 90.0.